The molecule has 0 fully saturated rings. The molecule has 9 heteroatoms. The van der Waals surface area contributed by atoms with Crippen molar-refractivity contribution in [3.05, 3.63) is 209 Å². The van der Waals surface area contributed by atoms with Crippen LogP contribution in [-0.2, 0) is 0 Å². The molecular weight excluding hydrogens is 707 g/mol. The number of amidine groups is 2. The molecule has 0 aromatic heterocycles. The number of para-hydroxylation sites is 1. The summed E-state index contributed by atoms with van der Waals surface area (Å²) in [6.07, 6.45) is -0.598. The number of nitrogens with two attached hydrogens (primary N) is 1. The zero-order valence-electron chi connectivity index (χ0n) is 30.8. The molecule has 0 saturated heterocycles. The van der Waals surface area contributed by atoms with Gasteiger partial charge in [0.25, 0.3) is 0 Å². The maximum Gasteiger partial charge on any atom is 0.209 e. The normalized spacial score (nSPS) is 20.2. The fourth-order valence-corrected chi connectivity index (χ4v) is 8.12. The third-order valence-electron chi connectivity index (χ3n) is 10.9. The summed E-state index contributed by atoms with van der Waals surface area (Å²) < 4.78 is 13.4. The minimum atomic E-state index is -0.235. The highest BCUT2D eigenvalue weighted by Crippen LogP contribution is 2.59. The average Bonchev–Trinajstić information content (AvgIpc) is 3.29. The van der Waals surface area contributed by atoms with Gasteiger partial charge in [-0.15, -0.1) is 0 Å². The van der Waals surface area contributed by atoms with Crippen molar-refractivity contribution in [2.75, 3.05) is 4.90 Å². The van der Waals surface area contributed by atoms with Crippen LogP contribution in [0.3, 0.4) is 0 Å². The summed E-state index contributed by atoms with van der Waals surface area (Å²) >= 11 is 0. The van der Waals surface area contributed by atoms with Crippen LogP contribution in [0, 0.1) is 0 Å². The largest absolute Gasteiger partial charge is 0.453 e. The lowest BCUT2D eigenvalue weighted by Gasteiger charge is -2.38. The summed E-state index contributed by atoms with van der Waals surface area (Å²) in [5.41, 5.74) is 9.17. The Labute approximate surface area is 330 Å². The topological polar surface area (TPSA) is 99.1 Å². The van der Waals surface area contributed by atoms with Crippen molar-refractivity contribution in [1.82, 2.24) is 16.0 Å². The predicted molar refractivity (Wildman–Crippen MR) is 222 cm³/mol. The van der Waals surface area contributed by atoms with Crippen LogP contribution in [0.2, 0.25) is 0 Å². The third-order valence-corrected chi connectivity index (χ3v) is 10.9. The number of hydrogen-bond acceptors (Lipinski definition) is 8. The molecule has 0 spiro atoms. The molecule has 7 aromatic carbocycles. The second-order valence-corrected chi connectivity index (χ2v) is 14.5. The van der Waals surface area contributed by atoms with E-state index in [1.807, 2.05) is 54.6 Å². The molecule has 11 rings (SSSR count). The van der Waals surface area contributed by atoms with Gasteiger partial charge in [0.2, 0.25) is 6.17 Å². The number of anilines is 3. The predicted octanol–water partition coefficient (Wildman–Crippen LogP) is 9.02. The molecule has 4 atom stereocenters. The smallest absolute Gasteiger partial charge is 0.209 e. The Balaban J connectivity index is 0.963. The first kappa shape index (κ1) is 33.2. The van der Waals surface area contributed by atoms with Gasteiger partial charge in [0.1, 0.15) is 29.7 Å². The van der Waals surface area contributed by atoms with Gasteiger partial charge in [-0.1, -0.05) is 127 Å². The molecule has 57 heavy (non-hydrogen) atoms. The van der Waals surface area contributed by atoms with Crippen LogP contribution in [0.5, 0.6) is 23.0 Å². The van der Waals surface area contributed by atoms with Gasteiger partial charge in [-0.2, -0.15) is 0 Å². The van der Waals surface area contributed by atoms with Gasteiger partial charge >= 0.3 is 0 Å². The second-order valence-electron chi connectivity index (χ2n) is 14.5. The highest BCUT2D eigenvalue weighted by atomic mass is 16.5. The lowest BCUT2D eigenvalue weighted by molar-refractivity contribution is -0.739. The van der Waals surface area contributed by atoms with Gasteiger partial charge < -0.3 is 20.1 Å². The standard InChI is InChI=1S/C48H37N7O2/c1-5-14-30(15-6-1)43-49-44(31-16-7-2-8-17-31)52-47(51-43)34-24-26-36-40(28-34)56-38-22-13-23-39-42(38)55(36)37-27-25-35(29-41(37)57-39)48-53-45(32-18-9-3-10-19-32)50-46(54-48)33-20-11-4-12-21-33/h1-29,43-45,48-49,53H,(H,50,54)(H,51,52)/p+1. The molecule has 0 amide bonds. The Bertz CT molecular complexity index is 2670. The van der Waals surface area contributed by atoms with E-state index in [4.69, 9.17) is 19.5 Å². The van der Waals surface area contributed by atoms with E-state index < -0.39 is 0 Å². The monoisotopic (exact) mass is 744 g/mol. The van der Waals surface area contributed by atoms with Crippen molar-refractivity contribution in [2.45, 2.75) is 24.7 Å². The minimum Gasteiger partial charge on any atom is -0.453 e. The van der Waals surface area contributed by atoms with Crippen LogP contribution in [0.25, 0.3) is 0 Å². The highest BCUT2D eigenvalue weighted by molar-refractivity contribution is 6.02. The fraction of sp³-hybridized carbons (Fsp3) is 0.0833. The van der Waals surface area contributed by atoms with Crippen LogP contribution in [0.1, 0.15) is 58.0 Å². The van der Waals surface area contributed by atoms with E-state index >= 15 is 0 Å². The molecule has 0 aliphatic carbocycles. The van der Waals surface area contributed by atoms with Crippen molar-refractivity contribution in [3.8, 4) is 23.0 Å². The lowest BCUT2D eigenvalue weighted by atomic mass is 10.0. The Morgan fingerprint density at radius 1 is 0.474 bits per heavy atom. The molecule has 276 valence electrons. The number of hydrogen-bond donors (Lipinski definition) is 4. The maximum absolute atomic E-state index is 6.68. The molecule has 9 nitrogen and oxygen atoms in total. The highest BCUT2D eigenvalue weighted by Gasteiger charge is 2.37. The van der Waals surface area contributed by atoms with E-state index in [1.54, 1.807) is 0 Å². The van der Waals surface area contributed by atoms with Gasteiger partial charge in [0, 0.05) is 22.3 Å². The Kier molecular flexibility index (Phi) is 8.04. The third kappa shape index (κ3) is 6.06. The van der Waals surface area contributed by atoms with Crippen molar-refractivity contribution < 1.29 is 14.8 Å². The molecule has 0 saturated carbocycles. The number of fused-ring (bicyclic) bond motifs is 4. The van der Waals surface area contributed by atoms with Crippen LogP contribution in [0.15, 0.2) is 186 Å². The van der Waals surface area contributed by atoms with E-state index in [9.17, 15) is 0 Å². The summed E-state index contributed by atoms with van der Waals surface area (Å²) in [7, 11) is 0. The quantitative estimate of drug-likeness (QED) is 0.136. The van der Waals surface area contributed by atoms with Crippen molar-refractivity contribution >= 4 is 28.7 Å². The Hall–Kier alpha value is -7.20. The van der Waals surface area contributed by atoms with Crippen molar-refractivity contribution in [2.24, 2.45) is 9.98 Å². The summed E-state index contributed by atoms with van der Waals surface area (Å²) in [5.74, 6) is 4.61. The molecule has 0 bridgehead atoms. The molecule has 5 N–H and O–H groups in total. The number of ether oxygens (including phenoxy) is 2. The number of quaternary nitrogens is 1. The number of benzene rings is 7. The van der Waals surface area contributed by atoms with E-state index in [0.717, 1.165) is 79.5 Å². The van der Waals surface area contributed by atoms with Crippen LogP contribution in [-0.4, -0.2) is 11.7 Å². The van der Waals surface area contributed by atoms with Gasteiger partial charge in [0.05, 0.1) is 11.4 Å². The molecular formula is C48H38N7O2+. The second kappa shape index (κ2) is 13.8. The molecule has 7 aromatic rings. The SMILES string of the molecule is c1ccc(C2=NC(c3ccc4c(c3)Oc3cccc5c3N4c3ccc(C4=NC(c6ccccc6)NC(c6ccccc6)N4)cc3O5)[NH2+]C(c3ccccc3)N2)cc1. The first-order valence-electron chi connectivity index (χ1n) is 19.3. The van der Waals surface area contributed by atoms with E-state index in [2.05, 4.69) is 147 Å². The average molecular weight is 745 g/mol. The Morgan fingerprint density at radius 2 is 1.07 bits per heavy atom. The molecule has 4 heterocycles. The zero-order chi connectivity index (χ0) is 37.7. The van der Waals surface area contributed by atoms with Gasteiger partial charge in [-0.25, -0.2) is 9.98 Å². The fourth-order valence-electron chi connectivity index (χ4n) is 8.12. The molecule has 0 radical (unpaired) electrons. The van der Waals surface area contributed by atoms with Gasteiger partial charge in [0.15, 0.2) is 29.2 Å². The van der Waals surface area contributed by atoms with Gasteiger partial charge in [-0.05, 0) is 59.7 Å². The maximum atomic E-state index is 6.68. The molecule has 4 unspecified atom stereocenters. The van der Waals surface area contributed by atoms with E-state index in [-0.39, 0.29) is 24.7 Å². The van der Waals surface area contributed by atoms with Crippen molar-refractivity contribution in [3.63, 3.8) is 0 Å². The van der Waals surface area contributed by atoms with Crippen molar-refractivity contribution in [1.29, 1.82) is 0 Å². The van der Waals surface area contributed by atoms with E-state index in [0.29, 0.717) is 0 Å². The molecule has 4 aliphatic rings. The van der Waals surface area contributed by atoms with Crippen LogP contribution >= 0.6 is 0 Å². The summed E-state index contributed by atoms with van der Waals surface area (Å²) in [6.45, 7) is 0. The summed E-state index contributed by atoms with van der Waals surface area (Å²) in [4.78, 5) is 12.7. The summed E-state index contributed by atoms with van der Waals surface area (Å²) in [5, 5.41) is 13.3. The molecule has 4 aliphatic heterocycles. The first-order chi connectivity index (χ1) is 28.2. The van der Waals surface area contributed by atoms with Crippen LogP contribution < -0.4 is 35.6 Å². The zero-order valence-corrected chi connectivity index (χ0v) is 30.8. The first-order valence-corrected chi connectivity index (χ1v) is 19.3. The number of aliphatic imine (C=N–C) groups is 2. The minimum absolute atomic E-state index is 0.0190. The number of nitrogens with one attached hydrogen (secondary N) is 3. The van der Waals surface area contributed by atoms with Gasteiger partial charge in [-0.3, -0.25) is 15.5 Å². The van der Waals surface area contributed by atoms with Crippen LogP contribution in [0.4, 0.5) is 17.1 Å². The summed E-state index contributed by atoms with van der Waals surface area (Å²) in [6, 6.07) is 60.3. The number of nitrogens with zero attached hydrogens (tertiary/aromatic N) is 3. The Morgan fingerprint density at radius 3 is 1.77 bits per heavy atom. The number of rotatable bonds is 6. The lowest BCUT2D eigenvalue weighted by Crippen LogP contribution is -2.90. The van der Waals surface area contributed by atoms with E-state index in [1.165, 1.54) is 5.56 Å².